The van der Waals surface area contributed by atoms with Crippen molar-refractivity contribution in [1.82, 2.24) is 5.32 Å². The van der Waals surface area contributed by atoms with Gasteiger partial charge in [-0.1, -0.05) is 0 Å². The first-order valence-corrected chi connectivity index (χ1v) is 6.81. The Morgan fingerprint density at radius 1 is 0.800 bits per heavy atom. The molecular weight excluding hydrogens is 266 g/mol. The first-order valence-electron chi connectivity index (χ1n) is 6.81. The summed E-state index contributed by atoms with van der Waals surface area (Å²) in [6, 6.07) is 0. The minimum absolute atomic E-state index is 0.0662. The SMILES string of the molecule is CNC(=O)COCCOCCOCCOCCCOC. The number of carbonyl (C=O) groups excluding carboxylic acids is 1. The van der Waals surface area contributed by atoms with Gasteiger partial charge in [0.2, 0.25) is 5.91 Å². The molecule has 0 rings (SSSR count). The fourth-order valence-electron chi connectivity index (χ4n) is 1.20. The molecule has 0 aromatic heterocycles. The molecule has 0 aromatic carbocycles. The molecule has 120 valence electrons. The molecule has 0 bridgehead atoms. The quantitative estimate of drug-likeness (QED) is 0.423. The van der Waals surface area contributed by atoms with Crippen molar-refractivity contribution in [2.45, 2.75) is 6.42 Å². The molecule has 7 heteroatoms. The maximum Gasteiger partial charge on any atom is 0.245 e. The maximum absolute atomic E-state index is 10.8. The fourth-order valence-corrected chi connectivity index (χ4v) is 1.20. The molecule has 1 amide bonds. The number of methoxy groups -OCH3 is 1. The summed E-state index contributed by atoms with van der Waals surface area (Å²) >= 11 is 0. The normalized spacial score (nSPS) is 10.7. The molecule has 0 atom stereocenters. The van der Waals surface area contributed by atoms with E-state index in [4.69, 9.17) is 23.7 Å². The van der Waals surface area contributed by atoms with E-state index in [0.717, 1.165) is 13.0 Å². The van der Waals surface area contributed by atoms with Gasteiger partial charge in [-0.15, -0.1) is 0 Å². The predicted molar refractivity (Wildman–Crippen MR) is 73.8 cm³/mol. The molecule has 0 radical (unpaired) electrons. The van der Waals surface area contributed by atoms with Crippen molar-refractivity contribution < 1.29 is 28.5 Å². The first-order chi connectivity index (χ1) is 9.81. The second-order valence-corrected chi connectivity index (χ2v) is 3.91. The third-order valence-corrected chi connectivity index (χ3v) is 2.27. The molecule has 0 saturated heterocycles. The lowest BCUT2D eigenvalue weighted by Crippen LogP contribution is -2.24. The Morgan fingerprint density at radius 3 is 1.80 bits per heavy atom. The van der Waals surface area contributed by atoms with E-state index in [0.29, 0.717) is 46.2 Å². The zero-order chi connectivity index (χ0) is 14.9. The molecule has 1 N–H and O–H groups in total. The van der Waals surface area contributed by atoms with Crippen molar-refractivity contribution in [3.8, 4) is 0 Å². The van der Waals surface area contributed by atoms with Crippen LogP contribution in [0.15, 0.2) is 0 Å². The number of carbonyl (C=O) groups is 1. The van der Waals surface area contributed by atoms with E-state index >= 15 is 0 Å². The van der Waals surface area contributed by atoms with E-state index in [1.54, 1.807) is 14.2 Å². The molecule has 0 aliphatic rings. The predicted octanol–water partition coefficient (Wildman–Crippen LogP) is -0.165. The Bertz CT molecular complexity index is 215. The van der Waals surface area contributed by atoms with Gasteiger partial charge in [-0.2, -0.15) is 0 Å². The summed E-state index contributed by atoms with van der Waals surface area (Å²) in [6.07, 6.45) is 0.898. The second-order valence-electron chi connectivity index (χ2n) is 3.91. The van der Waals surface area contributed by atoms with Gasteiger partial charge in [0.25, 0.3) is 0 Å². The van der Waals surface area contributed by atoms with E-state index in [1.807, 2.05) is 0 Å². The molecule has 0 spiro atoms. The average Bonchev–Trinajstić information content (AvgIpc) is 2.47. The standard InChI is InChI=1S/C13H27NO6/c1-14-13(15)12-20-11-10-19-9-8-18-7-6-17-5-3-4-16-2/h3-12H2,1-2H3,(H,14,15). The van der Waals surface area contributed by atoms with Crippen LogP contribution in [0.2, 0.25) is 0 Å². The molecule has 0 aliphatic heterocycles. The number of hydrogen-bond donors (Lipinski definition) is 1. The van der Waals surface area contributed by atoms with Crippen LogP contribution in [0.1, 0.15) is 6.42 Å². The van der Waals surface area contributed by atoms with Gasteiger partial charge in [0.05, 0.1) is 39.6 Å². The third-order valence-electron chi connectivity index (χ3n) is 2.27. The summed E-state index contributed by atoms with van der Waals surface area (Å²) < 4.78 is 25.9. The molecular formula is C13H27NO6. The van der Waals surface area contributed by atoms with Crippen LogP contribution < -0.4 is 5.32 Å². The van der Waals surface area contributed by atoms with E-state index in [1.165, 1.54) is 0 Å². The highest BCUT2D eigenvalue weighted by Crippen LogP contribution is 1.85. The lowest BCUT2D eigenvalue weighted by Gasteiger charge is -2.07. The Hall–Kier alpha value is -0.730. The van der Waals surface area contributed by atoms with Crippen molar-refractivity contribution in [3.05, 3.63) is 0 Å². The highest BCUT2D eigenvalue weighted by Gasteiger charge is 1.97. The van der Waals surface area contributed by atoms with Crippen LogP contribution >= 0.6 is 0 Å². The lowest BCUT2D eigenvalue weighted by atomic mass is 10.5. The fraction of sp³-hybridized carbons (Fsp3) is 0.923. The van der Waals surface area contributed by atoms with Gasteiger partial charge in [0, 0.05) is 27.4 Å². The summed E-state index contributed by atoms with van der Waals surface area (Å²) in [5.41, 5.74) is 0. The van der Waals surface area contributed by atoms with Crippen molar-refractivity contribution in [1.29, 1.82) is 0 Å². The maximum atomic E-state index is 10.8. The summed E-state index contributed by atoms with van der Waals surface area (Å²) in [6.45, 7) is 4.50. The summed E-state index contributed by atoms with van der Waals surface area (Å²) in [7, 11) is 3.24. The summed E-state index contributed by atoms with van der Waals surface area (Å²) in [5.74, 6) is -0.140. The largest absolute Gasteiger partial charge is 0.385 e. The van der Waals surface area contributed by atoms with E-state index in [2.05, 4.69) is 5.32 Å². The van der Waals surface area contributed by atoms with Crippen LogP contribution in [-0.4, -0.2) is 79.5 Å². The van der Waals surface area contributed by atoms with Gasteiger partial charge < -0.3 is 29.0 Å². The van der Waals surface area contributed by atoms with Crippen molar-refractivity contribution in [2.75, 3.05) is 73.6 Å². The zero-order valence-electron chi connectivity index (χ0n) is 12.5. The average molecular weight is 293 g/mol. The van der Waals surface area contributed by atoms with Crippen molar-refractivity contribution >= 4 is 5.91 Å². The monoisotopic (exact) mass is 293 g/mol. The number of amides is 1. The Kier molecular flexibility index (Phi) is 15.7. The molecule has 0 aliphatic carbocycles. The number of hydrogen-bond acceptors (Lipinski definition) is 6. The van der Waals surface area contributed by atoms with E-state index in [-0.39, 0.29) is 12.5 Å². The highest BCUT2D eigenvalue weighted by atomic mass is 16.6. The van der Waals surface area contributed by atoms with Gasteiger partial charge in [-0.3, -0.25) is 4.79 Å². The molecule has 0 saturated carbocycles. The highest BCUT2D eigenvalue weighted by molar-refractivity contribution is 5.76. The van der Waals surface area contributed by atoms with Gasteiger partial charge in [0.1, 0.15) is 6.61 Å². The minimum atomic E-state index is -0.140. The van der Waals surface area contributed by atoms with E-state index in [9.17, 15) is 4.79 Å². The topological polar surface area (TPSA) is 75.3 Å². The zero-order valence-corrected chi connectivity index (χ0v) is 12.5. The molecule has 20 heavy (non-hydrogen) atoms. The summed E-state index contributed by atoms with van der Waals surface area (Å²) in [4.78, 5) is 10.8. The molecule has 0 heterocycles. The van der Waals surface area contributed by atoms with Gasteiger partial charge in [-0.25, -0.2) is 0 Å². The number of nitrogens with one attached hydrogen (secondary N) is 1. The lowest BCUT2D eigenvalue weighted by molar-refractivity contribution is -0.125. The molecule has 0 unspecified atom stereocenters. The van der Waals surface area contributed by atoms with E-state index < -0.39 is 0 Å². The van der Waals surface area contributed by atoms with Gasteiger partial charge in [0.15, 0.2) is 0 Å². The van der Waals surface area contributed by atoms with Crippen LogP contribution in [0, 0.1) is 0 Å². The smallest absolute Gasteiger partial charge is 0.245 e. The van der Waals surface area contributed by atoms with Gasteiger partial charge in [-0.05, 0) is 6.42 Å². The van der Waals surface area contributed by atoms with Crippen LogP contribution in [0.25, 0.3) is 0 Å². The van der Waals surface area contributed by atoms with Crippen LogP contribution in [0.3, 0.4) is 0 Å². The van der Waals surface area contributed by atoms with Crippen molar-refractivity contribution in [3.63, 3.8) is 0 Å². The summed E-state index contributed by atoms with van der Waals surface area (Å²) in [5, 5.41) is 2.47. The molecule has 0 aromatic rings. The number of likely N-dealkylation sites (N-methyl/N-ethyl adjacent to an activating group) is 1. The van der Waals surface area contributed by atoms with Crippen LogP contribution in [-0.2, 0) is 28.5 Å². The Labute approximate surface area is 120 Å². The van der Waals surface area contributed by atoms with Crippen molar-refractivity contribution in [2.24, 2.45) is 0 Å². The van der Waals surface area contributed by atoms with Gasteiger partial charge >= 0.3 is 0 Å². The number of ether oxygens (including phenoxy) is 5. The molecule has 0 fully saturated rings. The number of rotatable bonds is 15. The Morgan fingerprint density at radius 2 is 1.30 bits per heavy atom. The minimum Gasteiger partial charge on any atom is -0.385 e. The van der Waals surface area contributed by atoms with Crippen LogP contribution in [0.5, 0.6) is 0 Å². The first kappa shape index (κ1) is 19.3. The third kappa shape index (κ3) is 15.3. The Balaban J connectivity index is 2.97. The van der Waals surface area contributed by atoms with Crippen LogP contribution in [0.4, 0.5) is 0 Å². The second kappa shape index (κ2) is 16.3. The molecule has 7 nitrogen and oxygen atoms in total.